The Hall–Kier alpha value is -1.24. The van der Waals surface area contributed by atoms with Crippen molar-refractivity contribution < 1.29 is 9.90 Å². The van der Waals surface area contributed by atoms with Crippen molar-refractivity contribution in [2.75, 3.05) is 20.2 Å². The van der Waals surface area contributed by atoms with E-state index in [9.17, 15) is 4.79 Å². The van der Waals surface area contributed by atoms with Crippen LogP contribution >= 0.6 is 22.7 Å². The molecule has 2 aromatic rings. The van der Waals surface area contributed by atoms with Crippen LogP contribution in [0.1, 0.15) is 10.5 Å². The molecule has 6 heteroatoms. The molecule has 0 atom stereocenters. The second-order valence-electron chi connectivity index (χ2n) is 3.50. The Morgan fingerprint density at radius 1 is 1.53 bits per heavy atom. The number of aliphatic hydroxyl groups excluding tert-OH is 1. The molecule has 0 saturated heterocycles. The summed E-state index contributed by atoms with van der Waals surface area (Å²) < 4.78 is 0. The summed E-state index contributed by atoms with van der Waals surface area (Å²) in [7, 11) is 1.65. The van der Waals surface area contributed by atoms with Gasteiger partial charge in [-0.3, -0.25) is 4.79 Å². The third-order valence-corrected chi connectivity index (χ3v) is 3.85. The lowest BCUT2D eigenvalue weighted by atomic mass is 10.3. The number of likely N-dealkylation sites (N-methyl/N-ethyl adjacent to an activating group) is 1. The summed E-state index contributed by atoms with van der Waals surface area (Å²) >= 11 is 3.06. The Balaban J connectivity index is 2.16. The first-order valence-electron chi connectivity index (χ1n) is 5.07. The van der Waals surface area contributed by atoms with Crippen molar-refractivity contribution in [2.24, 2.45) is 0 Å². The molecule has 0 aliphatic heterocycles. The summed E-state index contributed by atoms with van der Waals surface area (Å²) in [5.74, 6) is -0.156. The number of aliphatic hydroxyl groups is 1. The molecular weight excluding hydrogens is 256 g/mol. The van der Waals surface area contributed by atoms with Gasteiger partial charge in [-0.15, -0.1) is 11.3 Å². The van der Waals surface area contributed by atoms with Crippen molar-refractivity contribution in [3.05, 3.63) is 27.9 Å². The lowest BCUT2D eigenvalue weighted by molar-refractivity contribution is 0.0762. The van der Waals surface area contributed by atoms with Crippen molar-refractivity contribution in [3.8, 4) is 10.6 Å². The number of rotatable bonds is 4. The van der Waals surface area contributed by atoms with Crippen molar-refractivity contribution in [1.82, 2.24) is 9.88 Å². The Morgan fingerprint density at radius 2 is 2.35 bits per heavy atom. The minimum atomic E-state index is -0.156. The molecule has 0 fully saturated rings. The zero-order valence-corrected chi connectivity index (χ0v) is 10.9. The standard InChI is InChI=1S/C11H12N2O2S2/c1-13(3-4-14)11(15)9-7-17-10(12-9)8-2-5-16-6-8/h2,5-7,14H,3-4H2,1H3. The number of nitrogens with zero attached hydrogens (tertiary/aromatic N) is 2. The van der Waals surface area contributed by atoms with E-state index in [0.717, 1.165) is 10.6 Å². The number of carbonyl (C=O) groups is 1. The van der Waals surface area contributed by atoms with E-state index < -0.39 is 0 Å². The van der Waals surface area contributed by atoms with E-state index in [-0.39, 0.29) is 12.5 Å². The maximum absolute atomic E-state index is 11.9. The van der Waals surface area contributed by atoms with Gasteiger partial charge < -0.3 is 10.0 Å². The molecule has 0 aromatic carbocycles. The van der Waals surface area contributed by atoms with Crippen LogP contribution in [0.3, 0.4) is 0 Å². The van der Waals surface area contributed by atoms with Gasteiger partial charge in [-0.25, -0.2) is 4.98 Å². The predicted molar refractivity (Wildman–Crippen MR) is 69.5 cm³/mol. The molecular formula is C11H12N2O2S2. The first-order chi connectivity index (χ1) is 8.22. The van der Waals surface area contributed by atoms with Gasteiger partial charge in [-0.05, 0) is 11.4 Å². The fourth-order valence-corrected chi connectivity index (χ4v) is 2.84. The zero-order chi connectivity index (χ0) is 12.3. The molecule has 0 aliphatic rings. The molecule has 0 bridgehead atoms. The van der Waals surface area contributed by atoms with Crippen molar-refractivity contribution in [1.29, 1.82) is 0 Å². The van der Waals surface area contributed by atoms with Gasteiger partial charge >= 0.3 is 0 Å². The molecule has 0 radical (unpaired) electrons. The number of amides is 1. The van der Waals surface area contributed by atoms with Gasteiger partial charge in [-0.2, -0.15) is 11.3 Å². The summed E-state index contributed by atoms with van der Waals surface area (Å²) in [6.07, 6.45) is 0. The summed E-state index contributed by atoms with van der Waals surface area (Å²) in [5.41, 5.74) is 1.48. The van der Waals surface area contributed by atoms with Gasteiger partial charge in [0.1, 0.15) is 10.7 Å². The second-order valence-corrected chi connectivity index (χ2v) is 5.14. The van der Waals surface area contributed by atoms with Crippen LogP contribution in [0.5, 0.6) is 0 Å². The van der Waals surface area contributed by atoms with Crippen LogP contribution in [0, 0.1) is 0 Å². The number of carbonyl (C=O) groups excluding carboxylic acids is 1. The maximum Gasteiger partial charge on any atom is 0.273 e. The second kappa shape index (κ2) is 5.39. The van der Waals surface area contributed by atoms with Crippen molar-refractivity contribution >= 4 is 28.6 Å². The highest BCUT2D eigenvalue weighted by Gasteiger charge is 2.15. The van der Waals surface area contributed by atoms with Gasteiger partial charge in [0.15, 0.2) is 0 Å². The van der Waals surface area contributed by atoms with Crippen LogP contribution in [0.2, 0.25) is 0 Å². The minimum Gasteiger partial charge on any atom is -0.395 e. The van der Waals surface area contributed by atoms with Crippen LogP contribution in [0.25, 0.3) is 10.6 Å². The molecule has 1 N–H and O–H groups in total. The van der Waals surface area contributed by atoms with Crippen LogP contribution in [-0.2, 0) is 0 Å². The highest BCUT2D eigenvalue weighted by atomic mass is 32.1. The number of thiazole rings is 1. The molecule has 0 spiro atoms. The predicted octanol–water partition coefficient (Wildman–Crippen LogP) is 1.94. The summed E-state index contributed by atoms with van der Waals surface area (Å²) in [4.78, 5) is 17.7. The first kappa shape index (κ1) is 12.2. The number of hydrogen-bond donors (Lipinski definition) is 1. The third-order valence-electron chi connectivity index (χ3n) is 2.27. The van der Waals surface area contributed by atoms with E-state index in [4.69, 9.17) is 5.11 Å². The van der Waals surface area contributed by atoms with Gasteiger partial charge in [0.2, 0.25) is 0 Å². The Bertz CT molecular complexity index is 493. The molecule has 2 rings (SSSR count). The van der Waals surface area contributed by atoms with Crippen LogP contribution in [0.4, 0.5) is 0 Å². The summed E-state index contributed by atoms with van der Waals surface area (Å²) in [6, 6.07) is 1.98. The highest BCUT2D eigenvalue weighted by Crippen LogP contribution is 2.25. The molecule has 1 amide bonds. The third kappa shape index (κ3) is 2.71. The Morgan fingerprint density at radius 3 is 3.00 bits per heavy atom. The molecule has 2 aromatic heterocycles. The topological polar surface area (TPSA) is 53.4 Å². The Kier molecular flexibility index (Phi) is 3.88. The monoisotopic (exact) mass is 268 g/mol. The molecule has 17 heavy (non-hydrogen) atoms. The van der Waals surface area contributed by atoms with Crippen molar-refractivity contribution in [2.45, 2.75) is 0 Å². The molecule has 0 unspecified atom stereocenters. The molecule has 4 nitrogen and oxygen atoms in total. The summed E-state index contributed by atoms with van der Waals surface area (Å²) in [5, 5.41) is 15.4. The average Bonchev–Trinajstić information content (AvgIpc) is 2.98. The maximum atomic E-state index is 11.9. The average molecular weight is 268 g/mol. The molecule has 0 aliphatic carbocycles. The smallest absolute Gasteiger partial charge is 0.273 e. The van der Waals surface area contributed by atoms with E-state index in [2.05, 4.69) is 4.98 Å². The van der Waals surface area contributed by atoms with Gasteiger partial charge in [-0.1, -0.05) is 0 Å². The lowest BCUT2D eigenvalue weighted by Crippen LogP contribution is -2.29. The van der Waals surface area contributed by atoms with E-state index in [1.165, 1.54) is 16.2 Å². The summed E-state index contributed by atoms with van der Waals surface area (Å²) in [6.45, 7) is 0.286. The number of aromatic nitrogens is 1. The zero-order valence-electron chi connectivity index (χ0n) is 9.29. The van der Waals surface area contributed by atoms with Crippen molar-refractivity contribution in [3.63, 3.8) is 0 Å². The van der Waals surface area contributed by atoms with Crippen LogP contribution < -0.4 is 0 Å². The number of hydrogen-bond acceptors (Lipinski definition) is 5. The fourth-order valence-electron chi connectivity index (χ4n) is 1.34. The SMILES string of the molecule is CN(CCO)C(=O)c1csc(-c2ccsc2)n1. The van der Waals surface area contributed by atoms with Gasteiger partial charge in [0.05, 0.1) is 6.61 Å². The molecule has 90 valence electrons. The first-order valence-corrected chi connectivity index (χ1v) is 6.89. The number of thiophene rings is 1. The van der Waals surface area contributed by atoms with E-state index in [1.54, 1.807) is 23.8 Å². The highest BCUT2D eigenvalue weighted by molar-refractivity contribution is 7.14. The Labute approximate surface area is 107 Å². The van der Waals surface area contributed by atoms with Crippen LogP contribution in [0.15, 0.2) is 22.2 Å². The molecule has 2 heterocycles. The fraction of sp³-hybridized carbons (Fsp3) is 0.273. The quantitative estimate of drug-likeness (QED) is 0.922. The normalized spacial score (nSPS) is 10.5. The van der Waals surface area contributed by atoms with Crippen LogP contribution in [-0.4, -0.2) is 41.1 Å². The molecule has 0 saturated carbocycles. The van der Waals surface area contributed by atoms with E-state index >= 15 is 0 Å². The lowest BCUT2D eigenvalue weighted by Gasteiger charge is -2.13. The van der Waals surface area contributed by atoms with Gasteiger partial charge in [0, 0.05) is 29.9 Å². The van der Waals surface area contributed by atoms with Gasteiger partial charge in [0.25, 0.3) is 5.91 Å². The largest absolute Gasteiger partial charge is 0.395 e. The minimum absolute atomic E-state index is 0.0379. The van der Waals surface area contributed by atoms with E-state index in [1.807, 2.05) is 16.8 Å². The van der Waals surface area contributed by atoms with E-state index in [0.29, 0.717) is 12.2 Å².